The van der Waals surface area contributed by atoms with Gasteiger partial charge in [0, 0.05) is 18.6 Å². The van der Waals surface area contributed by atoms with E-state index in [1.165, 1.54) is 6.08 Å². The summed E-state index contributed by atoms with van der Waals surface area (Å²) >= 11 is 0. The zero-order valence-corrected chi connectivity index (χ0v) is 10.6. The summed E-state index contributed by atoms with van der Waals surface area (Å²) in [6.07, 6.45) is 4.08. The standard InChI is InChI=1S/C14H11N3O3/c1-8-16-10-3-2-9(6-12(10)20-8)11-7-15-13(17-11)4-5-14(18)19/h2-7H,1H3,(H,15,17)(H,18,19)/b5-4+. The second-order valence-electron chi connectivity index (χ2n) is 4.27. The number of oxazole rings is 1. The van der Waals surface area contributed by atoms with Crippen molar-refractivity contribution >= 4 is 23.1 Å². The normalized spacial score (nSPS) is 11.4. The number of hydrogen-bond donors (Lipinski definition) is 2. The highest BCUT2D eigenvalue weighted by atomic mass is 16.4. The molecule has 3 rings (SSSR count). The van der Waals surface area contributed by atoms with Crippen LogP contribution in [0.3, 0.4) is 0 Å². The van der Waals surface area contributed by atoms with Gasteiger partial charge < -0.3 is 14.5 Å². The molecule has 0 radical (unpaired) electrons. The van der Waals surface area contributed by atoms with E-state index in [-0.39, 0.29) is 0 Å². The fourth-order valence-electron chi connectivity index (χ4n) is 1.93. The van der Waals surface area contributed by atoms with Gasteiger partial charge in [-0.05, 0) is 18.2 Å². The van der Waals surface area contributed by atoms with Crippen molar-refractivity contribution in [1.29, 1.82) is 0 Å². The van der Waals surface area contributed by atoms with Crippen molar-refractivity contribution in [3.63, 3.8) is 0 Å². The number of carboxylic acids is 1. The van der Waals surface area contributed by atoms with E-state index in [2.05, 4.69) is 15.0 Å². The van der Waals surface area contributed by atoms with Crippen molar-refractivity contribution in [3.05, 3.63) is 42.2 Å². The number of H-pyrrole nitrogens is 1. The molecule has 100 valence electrons. The van der Waals surface area contributed by atoms with Gasteiger partial charge in [0.1, 0.15) is 11.3 Å². The lowest BCUT2D eigenvalue weighted by molar-refractivity contribution is -0.131. The molecular weight excluding hydrogens is 258 g/mol. The van der Waals surface area contributed by atoms with Gasteiger partial charge in [-0.2, -0.15) is 0 Å². The third-order valence-corrected chi connectivity index (χ3v) is 2.79. The quantitative estimate of drug-likeness (QED) is 0.713. The lowest BCUT2D eigenvalue weighted by Gasteiger charge is -1.96. The number of carboxylic acid groups (broad SMARTS) is 1. The first-order valence-electron chi connectivity index (χ1n) is 5.95. The summed E-state index contributed by atoms with van der Waals surface area (Å²) in [5.41, 5.74) is 3.19. The van der Waals surface area contributed by atoms with Crippen molar-refractivity contribution in [2.24, 2.45) is 0 Å². The second-order valence-corrected chi connectivity index (χ2v) is 4.27. The second kappa shape index (κ2) is 4.65. The highest BCUT2D eigenvalue weighted by molar-refractivity contribution is 5.85. The van der Waals surface area contributed by atoms with Crippen LogP contribution in [0.1, 0.15) is 11.7 Å². The van der Waals surface area contributed by atoms with E-state index in [0.717, 1.165) is 22.9 Å². The van der Waals surface area contributed by atoms with Crippen molar-refractivity contribution in [1.82, 2.24) is 15.0 Å². The van der Waals surface area contributed by atoms with Crippen molar-refractivity contribution in [2.45, 2.75) is 6.92 Å². The van der Waals surface area contributed by atoms with E-state index in [1.54, 1.807) is 13.1 Å². The average Bonchev–Trinajstić information content (AvgIpc) is 3.00. The first kappa shape index (κ1) is 12.2. The Morgan fingerprint density at radius 2 is 2.30 bits per heavy atom. The van der Waals surface area contributed by atoms with Gasteiger partial charge in [-0.1, -0.05) is 6.07 Å². The number of aliphatic carboxylic acids is 1. The van der Waals surface area contributed by atoms with Crippen LogP contribution in [0.2, 0.25) is 0 Å². The van der Waals surface area contributed by atoms with Crippen LogP contribution in [-0.2, 0) is 4.79 Å². The highest BCUT2D eigenvalue weighted by Crippen LogP contribution is 2.23. The highest BCUT2D eigenvalue weighted by Gasteiger charge is 2.06. The van der Waals surface area contributed by atoms with Crippen LogP contribution in [0.15, 0.2) is 34.9 Å². The maximum Gasteiger partial charge on any atom is 0.328 e. The Balaban J connectivity index is 1.96. The maximum atomic E-state index is 10.5. The lowest BCUT2D eigenvalue weighted by atomic mass is 10.1. The molecule has 0 aliphatic rings. The number of nitrogens with one attached hydrogen (secondary N) is 1. The molecule has 0 amide bonds. The predicted molar refractivity (Wildman–Crippen MR) is 73.0 cm³/mol. The van der Waals surface area contributed by atoms with Crippen molar-refractivity contribution < 1.29 is 14.3 Å². The number of hydrogen-bond acceptors (Lipinski definition) is 4. The third kappa shape index (κ3) is 2.31. The molecule has 0 unspecified atom stereocenters. The Labute approximate surface area is 113 Å². The van der Waals surface area contributed by atoms with E-state index in [1.807, 2.05) is 18.2 Å². The lowest BCUT2D eigenvalue weighted by Crippen LogP contribution is -1.86. The van der Waals surface area contributed by atoms with Crippen LogP contribution >= 0.6 is 0 Å². The van der Waals surface area contributed by atoms with E-state index < -0.39 is 5.97 Å². The first-order valence-corrected chi connectivity index (χ1v) is 5.95. The van der Waals surface area contributed by atoms with Gasteiger partial charge in [0.2, 0.25) is 0 Å². The van der Waals surface area contributed by atoms with Gasteiger partial charge in [0.05, 0.1) is 11.9 Å². The van der Waals surface area contributed by atoms with Gasteiger partial charge in [0.15, 0.2) is 11.5 Å². The molecule has 0 saturated carbocycles. The Kier molecular flexibility index (Phi) is 2.83. The molecule has 0 bridgehead atoms. The molecule has 0 atom stereocenters. The van der Waals surface area contributed by atoms with Crippen LogP contribution in [0.5, 0.6) is 0 Å². The van der Waals surface area contributed by atoms with Gasteiger partial charge in [-0.3, -0.25) is 0 Å². The topological polar surface area (TPSA) is 92.0 Å². The molecule has 0 aliphatic carbocycles. The minimum atomic E-state index is -1.01. The van der Waals surface area contributed by atoms with Gasteiger partial charge >= 0.3 is 5.97 Å². The molecule has 1 aromatic carbocycles. The Bertz CT molecular complexity index is 814. The van der Waals surface area contributed by atoms with Crippen molar-refractivity contribution in [2.75, 3.05) is 0 Å². The van der Waals surface area contributed by atoms with Crippen LogP contribution in [0, 0.1) is 6.92 Å². The fraction of sp³-hybridized carbons (Fsp3) is 0.0714. The number of aryl methyl sites for hydroxylation is 1. The number of benzene rings is 1. The summed E-state index contributed by atoms with van der Waals surface area (Å²) in [5, 5.41) is 8.57. The molecule has 0 aliphatic heterocycles. The van der Waals surface area contributed by atoms with E-state index in [4.69, 9.17) is 9.52 Å². The number of rotatable bonds is 3. The molecule has 6 heteroatoms. The zero-order chi connectivity index (χ0) is 14.1. The third-order valence-electron chi connectivity index (χ3n) is 2.79. The molecule has 2 aromatic heterocycles. The van der Waals surface area contributed by atoms with E-state index >= 15 is 0 Å². The number of fused-ring (bicyclic) bond motifs is 1. The Morgan fingerprint density at radius 3 is 3.10 bits per heavy atom. The summed E-state index contributed by atoms with van der Waals surface area (Å²) in [5.74, 6) is 0.0876. The minimum absolute atomic E-state index is 0.483. The van der Waals surface area contributed by atoms with Gasteiger partial charge in [0.25, 0.3) is 0 Å². The summed E-state index contributed by atoms with van der Waals surface area (Å²) in [6.45, 7) is 1.80. The smallest absolute Gasteiger partial charge is 0.328 e. The molecule has 0 saturated heterocycles. The number of aromatic amines is 1. The first-order chi connectivity index (χ1) is 9.61. The molecule has 6 nitrogen and oxygen atoms in total. The molecular formula is C14H11N3O3. The minimum Gasteiger partial charge on any atom is -0.478 e. The zero-order valence-electron chi connectivity index (χ0n) is 10.6. The molecule has 0 spiro atoms. The molecule has 2 heterocycles. The number of carbonyl (C=O) groups is 1. The molecule has 20 heavy (non-hydrogen) atoms. The summed E-state index contributed by atoms with van der Waals surface area (Å²) < 4.78 is 5.48. The van der Waals surface area contributed by atoms with Crippen LogP contribution in [0.4, 0.5) is 0 Å². The van der Waals surface area contributed by atoms with Gasteiger partial charge in [-0.15, -0.1) is 0 Å². The van der Waals surface area contributed by atoms with Crippen molar-refractivity contribution in [3.8, 4) is 11.3 Å². The number of nitrogens with zero attached hydrogens (tertiary/aromatic N) is 2. The Morgan fingerprint density at radius 1 is 1.45 bits per heavy atom. The predicted octanol–water partition coefficient (Wildman–Crippen LogP) is 2.62. The number of imidazole rings is 1. The Hall–Kier alpha value is -2.89. The summed E-state index contributed by atoms with van der Waals surface area (Å²) in [4.78, 5) is 21.8. The molecule has 0 fully saturated rings. The average molecular weight is 269 g/mol. The summed E-state index contributed by atoms with van der Waals surface area (Å²) in [7, 11) is 0. The number of aromatic nitrogens is 3. The largest absolute Gasteiger partial charge is 0.478 e. The molecule has 3 aromatic rings. The van der Waals surface area contributed by atoms with Crippen LogP contribution < -0.4 is 0 Å². The van der Waals surface area contributed by atoms with Crippen LogP contribution in [-0.4, -0.2) is 26.0 Å². The van der Waals surface area contributed by atoms with Gasteiger partial charge in [-0.25, -0.2) is 14.8 Å². The maximum absolute atomic E-state index is 10.5. The monoisotopic (exact) mass is 269 g/mol. The van der Waals surface area contributed by atoms with E-state index in [0.29, 0.717) is 17.3 Å². The van der Waals surface area contributed by atoms with E-state index in [9.17, 15) is 4.79 Å². The SMILES string of the molecule is Cc1nc2ccc(-c3cnc(/C=C/C(=O)O)[nH]3)cc2o1. The fourth-order valence-corrected chi connectivity index (χ4v) is 1.93. The molecule has 2 N–H and O–H groups in total. The summed E-state index contributed by atoms with van der Waals surface area (Å²) in [6, 6.07) is 5.64. The van der Waals surface area contributed by atoms with Crippen LogP contribution in [0.25, 0.3) is 28.4 Å².